The monoisotopic (exact) mass is 368 g/mol. The minimum absolute atomic E-state index is 0.00291. The van der Waals surface area contributed by atoms with E-state index in [1.165, 1.54) is 0 Å². The van der Waals surface area contributed by atoms with E-state index in [9.17, 15) is 4.79 Å². The second-order valence-electron chi connectivity index (χ2n) is 6.82. The Morgan fingerprint density at radius 2 is 1.70 bits per heavy atom. The number of amides is 1. The van der Waals surface area contributed by atoms with E-state index < -0.39 is 0 Å². The highest BCUT2D eigenvalue weighted by atomic mass is 16.5. The molecule has 1 saturated carbocycles. The van der Waals surface area contributed by atoms with Crippen molar-refractivity contribution in [1.29, 1.82) is 0 Å². The molecule has 0 unspecified atom stereocenters. The summed E-state index contributed by atoms with van der Waals surface area (Å²) < 4.78 is 5.81. The minimum atomic E-state index is -0.00291. The number of ether oxygens (including phenoxy) is 1. The molecule has 1 fully saturated rings. The summed E-state index contributed by atoms with van der Waals surface area (Å²) in [7, 11) is 0. The van der Waals surface area contributed by atoms with Gasteiger partial charge in [0.15, 0.2) is 0 Å². The number of nitrogens with one attached hydrogen (secondary N) is 1. The Balaban J connectivity index is 1.48. The molecule has 3 rings (SSSR count). The number of anilines is 1. The summed E-state index contributed by atoms with van der Waals surface area (Å²) in [5, 5.41) is 3.16. The number of nitrogens with zero attached hydrogens (tertiary/aromatic N) is 3. The van der Waals surface area contributed by atoms with Gasteiger partial charge in [-0.2, -0.15) is 0 Å². The molecule has 144 valence electrons. The zero-order chi connectivity index (χ0) is 19.1. The average molecular weight is 368 g/mol. The SMILES string of the molecule is CCN(CC)c1ccc(C(=O)NC2CCC(Oc3ncccn3)CC2)cc1. The van der Waals surface area contributed by atoms with E-state index in [2.05, 4.69) is 34.0 Å². The summed E-state index contributed by atoms with van der Waals surface area (Å²) in [4.78, 5) is 23.0. The van der Waals surface area contributed by atoms with Gasteiger partial charge >= 0.3 is 6.01 Å². The fourth-order valence-electron chi connectivity index (χ4n) is 3.50. The third kappa shape index (κ3) is 5.18. The highest BCUT2D eigenvalue weighted by molar-refractivity contribution is 5.94. The molecule has 0 bridgehead atoms. The van der Waals surface area contributed by atoms with E-state index in [1.807, 2.05) is 24.3 Å². The Hall–Kier alpha value is -2.63. The van der Waals surface area contributed by atoms with Gasteiger partial charge in [0, 0.05) is 42.8 Å². The van der Waals surface area contributed by atoms with Crippen molar-refractivity contribution in [2.45, 2.75) is 51.7 Å². The number of hydrogen-bond donors (Lipinski definition) is 1. The normalized spacial score (nSPS) is 19.3. The Bertz CT molecular complexity index is 709. The first-order chi connectivity index (χ1) is 13.2. The van der Waals surface area contributed by atoms with Crippen molar-refractivity contribution in [1.82, 2.24) is 15.3 Å². The molecule has 1 amide bonds. The standard InChI is InChI=1S/C21H28N4O2/c1-3-25(4-2)18-10-6-16(7-11-18)20(26)24-17-8-12-19(13-9-17)27-21-22-14-5-15-23-21/h5-7,10-11,14-15,17,19H,3-4,8-9,12-13H2,1-2H3,(H,24,26). The molecule has 6 heteroatoms. The van der Waals surface area contributed by atoms with Gasteiger partial charge in [-0.05, 0) is 69.9 Å². The van der Waals surface area contributed by atoms with Crippen LogP contribution in [0.15, 0.2) is 42.7 Å². The molecule has 2 aromatic rings. The molecule has 0 atom stereocenters. The van der Waals surface area contributed by atoms with Crippen molar-refractivity contribution in [3.05, 3.63) is 48.3 Å². The van der Waals surface area contributed by atoms with Gasteiger partial charge in [0.2, 0.25) is 0 Å². The van der Waals surface area contributed by atoms with Gasteiger partial charge in [-0.3, -0.25) is 4.79 Å². The smallest absolute Gasteiger partial charge is 0.316 e. The van der Waals surface area contributed by atoms with Crippen LogP contribution in [-0.4, -0.2) is 41.1 Å². The van der Waals surface area contributed by atoms with E-state index in [1.54, 1.807) is 18.5 Å². The summed E-state index contributed by atoms with van der Waals surface area (Å²) in [6.07, 6.45) is 7.07. The van der Waals surface area contributed by atoms with Gasteiger partial charge in [0.05, 0.1) is 0 Å². The maximum absolute atomic E-state index is 12.5. The van der Waals surface area contributed by atoms with Crippen molar-refractivity contribution in [2.24, 2.45) is 0 Å². The summed E-state index contributed by atoms with van der Waals surface area (Å²) in [5.74, 6) is -0.00291. The van der Waals surface area contributed by atoms with Gasteiger partial charge in [-0.1, -0.05) is 0 Å². The molecular weight excluding hydrogens is 340 g/mol. The second kappa shape index (κ2) is 9.35. The molecule has 1 aliphatic rings. The molecule has 0 saturated heterocycles. The van der Waals surface area contributed by atoms with Crippen LogP contribution in [0.3, 0.4) is 0 Å². The van der Waals surface area contributed by atoms with E-state index in [0.29, 0.717) is 11.6 Å². The summed E-state index contributed by atoms with van der Waals surface area (Å²) >= 11 is 0. The van der Waals surface area contributed by atoms with Crippen LogP contribution in [0.5, 0.6) is 6.01 Å². The van der Waals surface area contributed by atoms with E-state index in [0.717, 1.165) is 44.5 Å². The Morgan fingerprint density at radius 3 is 2.30 bits per heavy atom. The number of benzene rings is 1. The van der Waals surface area contributed by atoms with Crippen LogP contribution < -0.4 is 15.0 Å². The molecule has 0 radical (unpaired) electrons. The minimum Gasteiger partial charge on any atom is -0.460 e. The van der Waals surface area contributed by atoms with Crippen LogP contribution >= 0.6 is 0 Å². The first kappa shape index (κ1) is 19.1. The first-order valence-electron chi connectivity index (χ1n) is 9.79. The summed E-state index contributed by atoms with van der Waals surface area (Å²) in [5.41, 5.74) is 1.86. The molecule has 1 N–H and O–H groups in total. The summed E-state index contributed by atoms with van der Waals surface area (Å²) in [6, 6.07) is 10.2. The van der Waals surface area contributed by atoms with Gasteiger partial charge in [0.25, 0.3) is 5.91 Å². The third-order valence-electron chi connectivity index (χ3n) is 5.08. The maximum atomic E-state index is 12.5. The predicted octanol–water partition coefficient (Wildman–Crippen LogP) is 3.44. The summed E-state index contributed by atoms with van der Waals surface area (Å²) in [6.45, 7) is 6.19. The largest absolute Gasteiger partial charge is 0.460 e. The maximum Gasteiger partial charge on any atom is 0.316 e. The molecule has 0 spiro atoms. The second-order valence-corrected chi connectivity index (χ2v) is 6.82. The van der Waals surface area contributed by atoms with E-state index >= 15 is 0 Å². The predicted molar refractivity (Wildman–Crippen MR) is 106 cm³/mol. The number of carbonyl (C=O) groups is 1. The highest BCUT2D eigenvalue weighted by Crippen LogP contribution is 2.22. The number of carbonyl (C=O) groups excluding carboxylic acids is 1. The zero-order valence-corrected chi connectivity index (χ0v) is 16.1. The molecule has 1 aliphatic carbocycles. The third-order valence-corrected chi connectivity index (χ3v) is 5.08. The molecule has 1 aromatic carbocycles. The van der Waals surface area contributed by atoms with Gasteiger partial charge in [-0.25, -0.2) is 9.97 Å². The lowest BCUT2D eigenvalue weighted by Gasteiger charge is -2.29. The molecule has 1 aromatic heterocycles. The molecular formula is C21H28N4O2. The van der Waals surface area contributed by atoms with Crippen LogP contribution in [0.4, 0.5) is 5.69 Å². The van der Waals surface area contributed by atoms with Crippen molar-refractivity contribution >= 4 is 11.6 Å². The van der Waals surface area contributed by atoms with Crippen LogP contribution in [0.2, 0.25) is 0 Å². The lowest BCUT2D eigenvalue weighted by atomic mass is 9.92. The van der Waals surface area contributed by atoms with Crippen LogP contribution in [0.1, 0.15) is 49.9 Å². The Kier molecular flexibility index (Phi) is 6.63. The molecule has 0 aliphatic heterocycles. The fourth-order valence-corrected chi connectivity index (χ4v) is 3.50. The van der Waals surface area contributed by atoms with Crippen LogP contribution in [0, 0.1) is 0 Å². The molecule has 27 heavy (non-hydrogen) atoms. The van der Waals surface area contributed by atoms with Gasteiger partial charge in [0.1, 0.15) is 6.10 Å². The number of rotatable bonds is 7. The van der Waals surface area contributed by atoms with Crippen molar-refractivity contribution in [3.8, 4) is 6.01 Å². The zero-order valence-electron chi connectivity index (χ0n) is 16.1. The number of hydrogen-bond acceptors (Lipinski definition) is 5. The number of aromatic nitrogens is 2. The van der Waals surface area contributed by atoms with Crippen molar-refractivity contribution in [3.63, 3.8) is 0 Å². The average Bonchev–Trinajstić information content (AvgIpc) is 2.72. The Morgan fingerprint density at radius 1 is 1.07 bits per heavy atom. The van der Waals surface area contributed by atoms with Gasteiger partial charge in [-0.15, -0.1) is 0 Å². The highest BCUT2D eigenvalue weighted by Gasteiger charge is 2.24. The molecule has 6 nitrogen and oxygen atoms in total. The van der Waals surface area contributed by atoms with E-state index in [4.69, 9.17) is 4.74 Å². The topological polar surface area (TPSA) is 67.4 Å². The van der Waals surface area contributed by atoms with Gasteiger partial charge < -0.3 is 15.0 Å². The van der Waals surface area contributed by atoms with Crippen LogP contribution in [0.25, 0.3) is 0 Å². The quantitative estimate of drug-likeness (QED) is 0.811. The first-order valence-corrected chi connectivity index (χ1v) is 9.79. The lowest BCUT2D eigenvalue weighted by molar-refractivity contribution is 0.0885. The van der Waals surface area contributed by atoms with Crippen LogP contribution in [-0.2, 0) is 0 Å². The lowest BCUT2D eigenvalue weighted by Crippen LogP contribution is -2.39. The Labute approximate surface area is 161 Å². The van der Waals surface area contributed by atoms with Crippen molar-refractivity contribution in [2.75, 3.05) is 18.0 Å². The molecule has 1 heterocycles. The van der Waals surface area contributed by atoms with Crippen molar-refractivity contribution < 1.29 is 9.53 Å². The van der Waals surface area contributed by atoms with E-state index in [-0.39, 0.29) is 18.1 Å². The fraction of sp³-hybridized carbons (Fsp3) is 0.476.